The van der Waals surface area contributed by atoms with E-state index in [0.717, 1.165) is 18.4 Å². The second-order valence-corrected chi connectivity index (χ2v) is 5.61. The van der Waals surface area contributed by atoms with E-state index >= 15 is 0 Å². The number of hydrogen-bond donors (Lipinski definition) is 1. The van der Waals surface area contributed by atoms with Crippen molar-refractivity contribution in [2.75, 3.05) is 25.6 Å². The fraction of sp³-hybridized carbons (Fsp3) is 0.538. The summed E-state index contributed by atoms with van der Waals surface area (Å²) >= 11 is 1.45. The van der Waals surface area contributed by atoms with Crippen molar-refractivity contribution < 1.29 is 14.0 Å². The minimum absolute atomic E-state index is 0.448. The molecule has 2 aromatic rings. The summed E-state index contributed by atoms with van der Waals surface area (Å²) in [5, 5.41) is 6.69. The Morgan fingerprint density at radius 1 is 1.45 bits per heavy atom. The van der Waals surface area contributed by atoms with E-state index in [-0.39, 0.29) is 0 Å². The van der Waals surface area contributed by atoms with Gasteiger partial charge in [-0.2, -0.15) is 4.98 Å². The van der Waals surface area contributed by atoms with Crippen molar-refractivity contribution in [3.05, 3.63) is 17.3 Å². The molecule has 3 heterocycles. The number of nitrogen functional groups attached to an aromatic ring is 1. The summed E-state index contributed by atoms with van der Waals surface area (Å²) in [5.74, 6) is 1.03. The number of thiophene rings is 1. The summed E-state index contributed by atoms with van der Waals surface area (Å²) in [4.78, 5) is 4.50. The second kappa shape index (κ2) is 5.51. The van der Waals surface area contributed by atoms with Crippen LogP contribution in [0.25, 0.3) is 11.5 Å². The van der Waals surface area contributed by atoms with Gasteiger partial charge in [0, 0.05) is 32.7 Å². The first kappa shape index (κ1) is 13.5. The maximum Gasteiger partial charge on any atom is 0.261 e. The number of aromatic nitrogens is 2. The highest BCUT2D eigenvalue weighted by molar-refractivity contribution is 7.14. The molecule has 0 amide bonds. The quantitative estimate of drug-likeness (QED) is 0.932. The molecule has 3 rings (SSSR count). The van der Waals surface area contributed by atoms with Crippen LogP contribution in [-0.4, -0.2) is 30.0 Å². The van der Waals surface area contributed by atoms with Gasteiger partial charge in [-0.15, -0.1) is 11.3 Å². The van der Waals surface area contributed by atoms with Gasteiger partial charge in [-0.05, 0) is 18.4 Å². The number of rotatable bonds is 4. The van der Waals surface area contributed by atoms with Crippen LogP contribution in [0.15, 0.2) is 16.0 Å². The molecule has 0 aromatic carbocycles. The van der Waals surface area contributed by atoms with Gasteiger partial charge in [0.1, 0.15) is 5.60 Å². The van der Waals surface area contributed by atoms with Crippen molar-refractivity contribution in [1.82, 2.24) is 10.1 Å². The molecule has 2 N–H and O–H groups in total. The van der Waals surface area contributed by atoms with Gasteiger partial charge in [-0.1, -0.05) is 5.16 Å². The Morgan fingerprint density at radius 3 is 2.90 bits per heavy atom. The van der Waals surface area contributed by atoms with Crippen LogP contribution in [0.1, 0.15) is 25.6 Å². The van der Waals surface area contributed by atoms with E-state index in [2.05, 4.69) is 10.1 Å². The van der Waals surface area contributed by atoms with Gasteiger partial charge in [0.25, 0.3) is 5.89 Å². The molecule has 1 fully saturated rings. The summed E-state index contributed by atoms with van der Waals surface area (Å²) in [6, 6.07) is 1.88. The molecule has 1 aliphatic heterocycles. The van der Waals surface area contributed by atoms with E-state index in [1.165, 1.54) is 11.3 Å². The predicted molar refractivity (Wildman–Crippen MR) is 75.4 cm³/mol. The minimum atomic E-state index is -0.500. The van der Waals surface area contributed by atoms with Crippen LogP contribution in [-0.2, 0) is 15.1 Å². The van der Waals surface area contributed by atoms with Gasteiger partial charge < -0.3 is 19.7 Å². The van der Waals surface area contributed by atoms with Crippen LogP contribution in [0, 0.1) is 0 Å². The average Bonchev–Trinajstić information content (AvgIpc) is 3.08. The van der Waals surface area contributed by atoms with E-state index < -0.39 is 5.60 Å². The molecule has 0 spiro atoms. The van der Waals surface area contributed by atoms with E-state index in [1.54, 1.807) is 0 Å². The first-order chi connectivity index (χ1) is 9.75. The van der Waals surface area contributed by atoms with Crippen LogP contribution in [0.4, 0.5) is 5.00 Å². The van der Waals surface area contributed by atoms with Crippen molar-refractivity contribution >= 4 is 16.3 Å². The largest absolute Gasteiger partial charge is 0.390 e. The molecule has 1 saturated heterocycles. The number of nitrogens with zero attached hydrogens (tertiary/aromatic N) is 2. The third kappa shape index (κ3) is 2.32. The van der Waals surface area contributed by atoms with E-state index in [9.17, 15) is 0 Å². The zero-order valence-corrected chi connectivity index (χ0v) is 12.1. The Balaban J connectivity index is 1.93. The predicted octanol–water partition coefficient (Wildman–Crippen LogP) is 2.42. The van der Waals surface area contributed by atoms with Crippen molar-refractivity contribution in [2.45, 2.75) is 25.4 Å². The Kier molecular flexibility index (Phi) is 3.73. The Labute approximate surface area is 120 Å². The van der Waals surface area contributed by atoms with Gasteiger partial charge in [-0.25, -0.2) is 0 Å². The zero-order valence-electron chi connectivity index (χ0n) is 11.3. The fourth-order valence-corrected chi connectivity index (χ4v) is 3.06. The highest BCUT2D eigenvalue weighted by Gasteiger charge is 2.40. The Bertz CT molecular complexity index is 569. The van der Waals surface area contributed by atoms with Gasteiger partial charge >= 0.3 is 0 Å². The van der Waals surface area contributed by atoms with Crippen molar-refractivity contribution in [2.24, 2.45) is 0 Å². The van der Waals surface area contributed by atoms with Crippen LogP contribution < -0.4 is 5.73 Å². The standard InChI is InChI=1S/C13H17N3O3S/c1-2-18-13(4-6-17-7-5-13)12-15-11(19-16-12)9-3-8-20-10(9)14/h3,8H,2,4-7,14H2,1H3. The minimum Gasteiger partial charge on any atom is -0.390 e. The Hall–Kier alpha value is -1.44. The monoisotopic (exact) mass is 295 g/mol. The van der Waals surface area contributed by atoms with E-state index in [1.807, 2.05) is 18.4 Å². The molecular formula is C13H17N3O3S. The average molecular weight is 295 g/mol. The van der Waals surface area contributed by atoms with E-state index in [4.69, 9.17) is 19.7 Å². The summed E-state index contributed by atoms with van der Waals surface area (Å²) in [7, 11) is 0. The summed E-state index contributed by atoms with van der Waals surface area (Å²) < 4.78 is 16.7. The van der Waals surface area contributed by atoms with Crippen LogP contribution in [0.2, 0.25) is 0 Å². The van der Waals surface area contributed by atoms with Crippen molar-refractivity contribution in [1.29, 1.82) is 0 Å². The number of anilines is 1. The lowest BCUT2D eigenvalue weighted by atomic mass is 9.93. The molecule has 2 aromatic heterocycles. The molecule has 0 bridgehead atoms. The normalized spacial score (nSPS) is 18.2. The van der Waals surface area contributed by atoms with Crippen molar-refractivity contribution in [3.63, 3.8) is 0 Å². The molecular weight excluding hydrogens is 278 g/mol. The van der Waals surface area contributed by atoms with Gasteiger partial charge in [-0.3, -0.25) is 0 Å². The highest BCUT2D eigenvalue weighted by atomic mass is 32.1. The fourth-order valence-electron chi connectivity index (χ4n) is 2.43. The molecule has 0 radical (unpaired) electrons. The second-order valence-electron chi connectivity index (χ2n) is 4.66. The lowest BCUT2D eigenvalue weighted by Gasteiger charge is -2.33. The number of ether oxygens (including phenoxy) is 2. The SMILES string of the molecule is CCOC1(c2noc(-c3ccsc3N)n2)CCOCC1. The topological polar surface area (TPSA) is 83.4 Å². The van der Waals surface area contributed by atoms with Gasteiger partial charge in [0.05, 0.1) is 10.6 Å². The Morgan fingerprint density at radius 2 is 2.25 bits per heavy atom. The van der Waals surface area contributed by atoms with Crippen LogP contribution >= 0.6 is 11.3 Å². The first-order valence-electron chi connectivity index (χ1n) is 6.64. The lowest BCUT2D eigenvalue weighted by molar-refractivity contribution is -0.118. The van der Waals surface area contributed by atoms with Crippen molar-refractivity contribution in [3.8, 4) is 11.5 Å². The molecule has 108 valence electrons. The summed E-state index contributed by atoms with van der Waals surface area (Å²) in [6.07, 6.45) is 1.47. The smallest absolute Gasteiger partial charge is 0.261 e. The first-order valence-corrected chi connectivity index (χ1v) is 7.52. The maximum atomic E-state index is 5.92. The lowest BCUT2D eigenvalue weighted by Crippen LogP contribution is -2.37. The van der Waals surface area contributed by atoms with Crippen LogP contribution in [0.5, 0.6) is 0 Å². The molecule has 1 aliphatic rings. The van der Waals surface area contributed by atoms with Gasteiger partial charge in [0.2, 0.25) is 5.82 Å². The summed E-state index contributed by atoms with van der Waals surface area (Å²) in [5.41, 5.74) is 6.18. The zero-order chi connectivity index (χ0) is 14.0. The molecule has 0 aliphatic carbocycles. The third-order valence-electron chi connectivity index (χ3n) is 3.48. The number of hydrogen-bond acceptors (Lipinski definition) is 7. The molecule has 0 unspecified atom stereocenters. The molecule has 0 saturated carbocycles. The molecule has 20 heavy (non-hydrogen) atoms. The highest BCUT2D eigenvalue weighted by Crippen LogP contribution is 2.36. The molecule has 0 atom stereocenters. The van der Waals surface area contributed by atoms with Gasteiger partial charge in [0.15, 0.2) is 0 Å². The third-order valence-corrected chi connectivity index (χ3v) is 4.23. The number of nitrogens with two attached hydrogens (primary N) is 1. The molecule has 7 heteroatoms. The maximum absolute atomic E-state index is 5.92. The van der Waals surface area contributed by atoms with E-state index in [0.29, 0.717) is 36.5 Å². The van der Waals surface area contributed by atoms with Crippen LogP contribution in [0.3, 0.4) is 0 Å². The summed E-state index contributed by atoms with van der Waals surface area (Å²) in [6.45, 7) is 3.86. The molecule has 6 nitrogen and oxygen atoms in total.